The average molecular weight is 833 g/mol. The van der Waals surface area contributed by atoms with E-state index in [4.69, 9.17) is 18.9 Å². The number of hydrogen-bond acceptors (Lipinski definition) is 8. The molecule has 62 heavy (non-hydrogen) atoms. The van der Waals surface area contributed by atoms with Crippen LogP contribution >= 0.6 is 0 Å². The molecular weight excluding hydrogens is 773 g/mol. The summed E-state index contributed by atoms with van der Waals surface area (Å²) in [5, 5.41) is 0. The summed E-state index contributed by atoms with van der Waals surface area (Å²) in [7, 11) is 0. The molecule has 0 aliphatic carbocycles. The van der Waals surface area contributed by atoms with E-state index in [-0.39, 0.29) is 24.8 Å². The molecule has 0 N–H and O–H groups in total. The molecule has 0 amide bonds. The molecule has 0 aromatic heterocycles. The summed E-state index contributed by atoms with van der Waals surface area (Å²) in [5.41, 5.74) is 17.3. The average Bonchev–Trinajstić information content (AvgIpc) is 3.23. The van der Waals surface area contributed by atoms with E-state index in [9.17, 15) is 9.59 Å². The SMILES string of the molecule is CCOC(C)OC(=O)Cc1ccc(N(c2ccc(C)c(C)c2)c2ccc(-c3ccc(N(c4ccc(CC(=O)OC(C)OCC)cc4)c4ccc(C)c(C)c4)c(C)c3)cc2C)cc1. The first-order valence-corrected chi connectivity index (χ1v) is 21.5. The van der Waals surface area contributed by atoms with Crippen LogP contribution in [0.25, 0.3) is 11.1 Å². The van der Waals surface area contributed by atoms with Crippen molar-refractivity contribution in [2.24, 2.45) is 0 Å². The topological polar surface area (TPSA) is 77.5 Å². The maximum atomic E-state index is 12.6. The summed E-state index contributed by atoms with van der Waals surface area (Å²) in [6, 6.07) is 42.5. The lowest BCUT2D eigenvalue weighted by atomic mass is 9.98. The number of carbonyl (C=O) groups is 2. The van der Waals surface area contributed by atoms with Gasteiger partial charge >= 0.3 is 11.9 Å². The Morgan fingerprint density at radius 3 is 1.11 bits per heavy atom. The standard InChI is InChI=1S/C54H60N2O6/c1-11-59-41(9)61-53(57)33-43-15-23-47(24-16-43)55(49-21-13-35(3)37(5)31-49)51-27-19-45(29-39(51)7)46-20-28-52(40(8)30-46)56(50-22-14-36(4)38(6)32-50)48-25-17-44(18-26-48)34-54(58)62-42(10)60-12-2/h13-32,41-42H,11-12,33-34H2,1-10H3. The Bertz CT molecular complexity index is 2320. The molecule has 2 atom stereocenters. The zero-order valence-electron chi connectivity index (χ0n) is 37.9. The van der Waals surface area contributed by atoms with E-state index in [1.807, 2.05) is 38.1 Å². The number of carbonyl (C=O) groups excluding carboxylic acids is 2. The van der Waals surface area contributed by atoms with Gasteiger partial charge in [-0.3, -0.25) is 9.59 Å². The van der Waals surface area contributed by atoms with Crippen molar-refractivity contribution >= 4 is 46.1 Å². The van der Waals surface area contributed by atoms with Crippen LogP contribution in [0.2, 0.25) is 0 Å². The quantitative estimate of drug-likeness (QED) is 0.0664. The smallest absolute Gasteiger partial charge is 0.312 e. The van der Waals surface area contributed by atoms with E-state index in [0.29, 0.717) is 13.2 Å². The number of nitrogens with zero attached hydrogens (tertiary/aromatic N) is 2. The van der Waals surface area contributed by atoms with Crippen LogP contribution in [0.4, 0.5) is 34.1 Å². The van der Waals surface area contributed by atoms with Gasteiger partial charge in [0.2, 0.25) is 0 Å². The first-order chi connectivity index (χ1) is 29.7. The first-order valence-electron chi connectivity index (χ1n) is 21.5. The molecule has 0 spiro atoms. The largest absolute Gasteiger partial charge is 0.436 e. The summed E-state index contributed by atoms with van der Waals surface area (Å²) in [4.78, 5) is 29.7. The van der Waals surface area contributed by atoms with Gasteiger partial charge in [0.15, 0.2) is 12.6 Å². The molecule has 8 nitrogen and oxygen atoms in total. The highest BCUT2D eigenvalue weighted by molar-refractivity contribution is 5.84. The van der Waals surface area contributed by atoms with Crippen molar-refractivity contribution in [1.29, 1.82) is 0 Å². The fraction of sp³-hybridized carbons (Fsp3) is 0.296. The number of benzene rings is 6. The van der Waals surface area contributed by atoms with Crippen molar-refractivity contribution < 1.29 is 28.5 Å². The van der Waals surface area contributed by atoms with Crippen LogP contribution < -0.4 is 9.80 Å². The lowest BCUT2D eigenvalue weighted by Gasteiger charge is -2.29. The molecule has 0 radical (unpaired) electrons. The number of ether oxygens (including phenoxy) is 4. The van der Waals surface area contributed by atoms with Gasteiger partial charge in [-0.1, -0.05) is 48.5 Å². The summed E-state index contributed by atoms with van der Waals surface area (Å²) in [5.74, 6) is -0.647. The van der Waals surface area contributed by atoms with E-state index in [1.54, 1.807) is 13.8 Å². The molecule has 6 rings (SSSR count). The molecule has 8 heteroatoms. The zero-order chi connectivity index (χ0) is 44.5. The van der Waals surface area contributed by atoms with Crippen molar-refractivity contribution in [1.82, 2.24) is 0 Å². The minimum absolute atomic E-state index is 0.162. The normalized spacial score (nSPS) is 12.1. The lowest BCUT2D eigenvalue weighted by Crippen LogP contribution is -2.19. The second-order valence-corrected chi connectivity index (χ2v) is 15.9. The maximum Gasteiger partial charge on any atom is 0.312 e. The number of esters is 2. The summed E-state index contributed by atoms with van der Waals surface area (Å²) >= 11 is 0. The molecule has 322 valence electrons. The molecule has 0 bridgehead atoms. The monoisotopic (exact) mass is 832 g/mol. The van der Waals surface area contributed by atoms with Gasteiger partial charge in [0.1, 0.15) is 0 Å². The molecule has 0 saturated carbocycles. The van der Waals surface area contributed by atoms with Crippen molar-refractivity contribution in [2.45, 2.75) is 94.7 Å². The van der Waals surface area contributed by atoms with Crippen LogP contribution in [0.1, 0.15) is 72.2 Å². The first kappa shape index (κ1) is 45.3. The number of aryl methyl sites for hydroxylation is 6. The van der Waals surface area contributed by atoms with Crippen LogP contribution in [-0.4, -0.2) is 37.7 Å². The highest BCUT2D eigenvalue weighted by Crippen LogP contribution is 2.41. The van der Waals surface area contributed by atoms with Gasteiger partial charge in [-0.05, 0) is 198 Å². The predicted octanol–water partition coefficient (Wildman–Crippen LogP) is 13.1. The van der Waals surface area contributed by atoms with Gasteiger partial charge in [0.05, 0.1) is 12.8 Å². The van der Waals surface area contributed by atoms with Gasteiger partial charge in [0.25, 0.3) is 0 Å². The molecule has 0 saturated heterocycles. The lowest BCUT2D eigenvalue weighted by molar-refractivity contribution is -0.174. The molecule has 6 aromatic carbocycles. The van der Waals surface area contributed by atoms with Gasteiger partial charge in [0, 0.05) is 47.3 Å². The van der Waals surface area contributed by atoms with Crippen molar-refractivity contribution in [3.05, 3.63) is 166 Å². The van der Waals surface area contributed by atoms with Crippen molar-refractivity contribution in [3.8, 4) is 11.1 Å². The summed E-state index contributed by atoms with van der Waals surface area (Å²) in [6.07, 6.45) is -0.838. The minimum Gasteiger partial charge on any atom is -0.436 e. The summed E-state index contributed by atoms with van der Waals surface area (Å²) in [6.45, 7) is 21.0. The van der Waals surface area contributed by atoms with Gasteiger partial charge in [-0.15, -0.1) is 0 Å². The highest BCUT2D eigenvalue weighted by Gasteiger charge is 2.20. The Morgan fingerprint density at radius 2 is 0.790 bits per heavy atom. The second-order valence-electron chi connectivity index (χ2n) is 15.9. The Kier molecular flexibility index (Phi) is 15.0. The van der Waals surface area contributed by atoms with E-state index in [2.05, 4.69) is 148 Å². The Hall–Kier alpha value is -6.22. The van der Waals surface area contributed by atoms with Crippen LogP contribution in [0, 0.1) is 41.5 Å². The van der Waals surface area contributed by atoms with Crippen molar-refractivity contribution in [2.75, 3.05) is 23.0 Å². The molecule has 0 fully saturated rings. The fourth-order valence-electron chi connectivity index (χ4n) is 7.61. The Morgan fingerprint density at radius 1 is 0.435 bits per heavy atom. The Balaban J connectivity index is 1.30. The number of hydrogen-bond donors (Lipinski definition) is 0. The predicted molar refractivity (Wildman–Crippen MR) is 251 cm³/mol. The fourth-order valence-corrected chi connectivity index (χ4v) is 7.61. The molecular formula is C54H60N2O6. The molecule has 0 aliphatic rings. The van der Waals surface area contributed by atoms with Crippen LogP contribution in [0.15, 0.2) is 121 Å². The third kappa shape index (κ3) is 11.2. The third-order valence-corrected chi connectivity index (χ3v) is 11.2. The summed E-state index contributed by atoms with van der Waals surface area (Å²) < 4.78 is 21.6. The van der Waals surface area contributed by atoms with Gasteiger partial charge < -0.3 is 28.7 Å². The van der Waals surface area contributed by atoms with Crippen LogP contribution in [0.5, 0.6) is 0 Å². The molecule has 0 aliphatic heterocycles. The van der Waals surface area contributed by atoms with E-state index < -0.39 is 12.6 Å². The number of anilines is 6. The van der Waals surface area contributed by atoms with Gasteiger partial charge in [-0.2, -0.15) is 0 Å². The van der Waals surface area contributed by atoms with Crippen LogP contribution in [-0.2, 0) is 41.4 Å². The van der Waals surface area contributed by atoms with Gasteiger partial charge in [-0.25, -0.2) is 0 Å². The molecule has 0 heterocycles. The molecule has 2 unspecified atom stereocenters. The third-order valence-electron chi connectivity index (χ3n) is 11.2. The van der Waals surface area contributed by atoms with E-state index in [1.165, 1.54) is 22.3 Å². The van der Waals surface area contributed by atoms with Crippen molar-refractivity contribution in [3.63, 3.8) is 0 Å². The maximum absolute atomic E-state index is 12.6. The molecule has 6 aromatic rings. The highest BCUT2D eigenvalue weighted by atomic mass is 16.7. The van der Waals surface area contributed by atoms with E-state index in [0.717, 1.165) is 67.5 Å². The van der Waals surface area contributed by atoms with E-state index >= 15 is 0 Å². The second kappa shape index (κ2) is 20.6. The minimum atomic E-state index is -0.581. The van der Waals surface area contributed by atoms with Crippen LogP contribution in [0.3, 0.4) is 0 Å². The Labute approximate surface area is 368 Å². The zero-order valence-corrected chi connectivity index (χ0v) is 37.9. The number of rotatable bonds is 17.